The van der Waals surface area contributed by atoms with Crippen molar-refractivity contribution < 1.29 is 18.4 Å². The van der Waals surface area contributed by atoms with Crippen LogP contribution in [-0.4, -0.2) is 23.3 Å². The molecule has 1 aromatic heterocycles. The predicted octanol–water partition coefficient (Wildman–Crippen LogP) is 2.65. The highest BCUT2D eigenvalue weighted by Crippen LogP contribution is 2.32. The van der Waals surface area contributed by atoms with E-state index >= 15 is 0 Å². The molecule has 0 fully saturated rings. The van der Waals surface area contributed by atoms with Crippen molar-refractivity contribution in [1.29, 1.82) is 0 Å². The summed E-state index contributed by atoms with van der Waals surface area (Å²) in [6, 6.07) is 10.3. The molecule has 1 heterocycles. The van der Waals surface area contributed by atoms with Gasteiger partial charge in [-0.25, -0.2) is 8.78 Å². The number of aryl methyl sites for hydroxylation is 1. The first-order valence-corrected chi connectivity index (χ1v) is 8.05. The second kappa shape index (κ2) is 7.35. The van der Waals surface area contributed by atoms with Crippen LogP contribution in [-0.2, 0) is 16.0 Å². The van der Waals surface area contributed by atoms with Crippen LogP contribution in [0.5, 0.6) is 0 Å². The van der Waals surface area contributed by atoms with Gasteiger partial charge in [0.2, 0.25) is 11.8 Å². The SMILES string of the molecule is NC(=O)CNC(=O)CCc1c(-c2ccc(F)cc2)[nH]c2ccc(F)cc12. The number of fused-ring (bicyclic) bond motifs is 1. The smallest absolute Gasteiger partial charge is 0.236 e. The van der Waals surface area contributed by atoms with E-state index < -0.39 is 5.91 Å². The highest BCUT2D eigenvalue weighted by Gasteiger charge is 2.15. The number of halogens is 2. The topological polar surface area (TPSA) is 88.0 Å². The molecule has 7 heteroatoms. The molecule has 3 aromatic rings. The standard InChI is InChI=1S/C19H17F2N3O2/c20-12-3-1-11(2-4-12)19-14(6-8-18(26)23-10-17(22)25)15-9-13(21)5-7-16(15)24-19/h1-5,7,9,24H,6,8,10H2,(H2,22,25)(H,23,26). The van der Waals surface area contributed by atoms with E-state index in [9.17, 15) is 18.4 Å². The molecule has 0 radical (unpaired) electrons. The fraction of sp³-hybridized carbons (Fsp3) is 0.158. The second-order valence-electron chi connectivity index (χ2n) is 5.92. The molecule has 0 bridgehead atoms. The summed E-state index contributed by atoms with van der Waals surface area (Å²) in [6.07, 6.45) is 0.422. The Balaban J connectivity index is 1.94. The van der Waals surface area contributed by atoms with Gasteiger partial charge in [-0.15, -0.1) is 0 Å². The number of carbonyl (C=O) groups excluding carboxylic acids is 2. The molecule has 2 aromatic carbocycles. The minimum atomic E-state index is -0.625. The number of hydrogen-bond donors (Lipinski definition) is 3. The summed E-state index contributed by atoms with van der Waals surface area (Å²) in [5.74, 6) is -1.70. The van der Waals surface area contributed by atoms with Crippen LogP contribution in [0, 0.1) is 11.6 Å². The van der Waals surface area contributed by atoms with Gasteiger partial charge >= 0.3 is 0 Å². The van der Waals surface area contributed by atoms with Gasteiger partial charge in [0.15, 0.2) is 0 Å². The third-order valence-corrected chi connectivity index (χ3v) is 4.06. The largest absolute Gasteiger partial charge is 0.368 e. The number of carbonyl (C=O) groups is 2. The molecule has 3 rings (SSSR count). The van der Waals surface area contributed by atoms with Gasteiger partial charge in [-0.05, 0) is 60.0 Å². The maximum absolute atomic E-state index is 13.7. The van der Waals surface area contributed by atoms with Gasteiger partial charge in [0, 0.05) is 23.0 Å². The van der Waals surface area contributed by atoms with Crippen LogP contribution < -0.4 is 11.1 Å². The van der Waals surface area contributed by atoms with Crippen LogP contribution >= 0.6 is 0 Å². The van der Waals surface area contributed by atoms with E-state index in [1.807, 2.05) is 0 Å². The highest BCUT2D eigenvalue weighted by molar-refractivity contribution is 5.91. The van der Waals surface area contributed by atoms with Crippen LogP contribution in [0.3, 0.4) is 0 Å². The zero-order valence-corrected chi connectivity index (χ0v) is 13.8. The van der Waals surface area contributed by atoms with E-state index in [4.69, 9.17) is 5.73 Å². The first-order chi connectivity index (χ1) is 12.4. The summed E-state index contributed by atoms with van der Waals surface area (Å²) >= 11 is 0. The number of amides is 2. The predicted molar refractivity (Wildman–Crippen MR) is 94.2 cm³/mol. The molecule has 0 unspecified atom stereocenters. The number of H-pyrrole nitrogens is 1. The Bertz CT molecular complexity index is 965. The zero-order valence-electron chi connectivity index (χ0n) is 13.8. The minimum absolute atomic E-state index is 0.102. The highest BCUT2D eigenvalue weighted by atomic mass is 19.1. The van der Waals surface area contributed by atoms with Crippen LogP contribution in [0.1, 0.15) is 12.0 Å². The van der Waals surface area contributed by atoms with E-state index in [2.05, 4.69) is 10.3 Å². The van der Waals surface area contributed by atoms with Crippen molar-refractivity contribution in [1.82, 2.24) is 10.3 Å². The third kappa shape index (κ3) is 3.88. The number of hydrogen-bond acceptors (Lipinski definition) is 2. The molecule has 2 amide bonds. The Hall–Kier alpha value is -3.22. The monoisotopic (exact) mass is 357 g/mol. The van der Waals surface area contributed by atoms with E-state index in [1.54, 1.807) is 18.2 Å². The Labute approximate surface area is 148 Å². The fourth-order valence-electron chi connectivity index (χ4n) is 2.86. The van der Waals surface area contributed by atoms with Crippen molar-refractivity contribution in [2.45, 2.75) is 12.8 Å². The van der Waals surface area contributed by atoms with Gasteiger partial charge in [-0.1, -0.05) is 0 Å². The second-order valence-corrected chi connectivity index (χ2v) is 5.92. The number of primary amides is 1. The maximum atomic E-state index is 13.7. The normalized spacial score (nSPS) is 10.8. The quantitative estimate of drug-likeness (QED) is 0.633. The Kier molecular flexibility index (Phi) is 4.97. The van der Waals surface area contributed by atoms with E-state index in [1.165, 1.54) is 24.3 Å². The fourth-order valence-corrected chi connectivity index (χ4v) is 2.86. The summed E-state index contributed by atoms with van der Waals surface area (Å²) in [7, 11) is 0. The summed E-state index contributed by atoms with van der Waals surface area (Å²) in [5.41, 5.74) is 7.91. The van der Waals surface area contributed by atoms with Gasteiger partial charge in [0.1, 0.15) is 11.6 Å². The summed E-state index contributed by atoms with van der Waals surface area (Å²) in [6.45, 7) is -0.230. The summed E-state index contributed by atoms with van der Waals surface area (Å²) < 4.78 is 26.9. The van der Waals surface area contributed by atoms with Gasteiger partial charge in [-0.3, -0.25) is 9.59 Å². The lowest BCUT2D eigenvalue weighted by atomic mass is 10.0. The van der Waals surface area contributed by atoms with Crippen molar-refractivity contribution in [3.05, 3.63) is 59.7 Å². The molecule has 26 heavy (non-hydrogen) atoms. The minimum Gasteiger partial charge on any atom is -0.368 e. The van der Waals surface area contributed by atoms with Gasteiger partial charge in [0.25, 0.3) is 0 Å². The average molecular weight is 357 g/mol. The molecule has 0 aliphatic rings. The van der Waals surface area contributed by atoms with Gasteiger partial charge in [0.05, 0.1) is 6.54 Å². The van der Waals surface area contributed by atoms with Gasteiger partial charge in [-0.2, -0.15) is 0 Å². The van der Waals surface area contributed by atoms with Gasteiger partial charge < -0.3 is 16.0 Å². The number of aromatic nitrogens is 1. The number of benzene rings is 2. The number of aromatic amines is 1. The lowest BCUT2D eigenvalue weighted by molar-refractivity contribution is -0.124. The molecule has 0 aliphatic heterocycles. The van der Waals surface area contributed by atoms with Crippen molar-refractivity contribution in [2.75, 3.05) is 6.54 Å². The maximum Gasteiger partial charge on any atom is 0.236 e. The third-order valence-electron chi connectivity index (χ3n) is 4.06. The van der Waals surface area contributed by atoms with Crippen LogP contribution in [0.2, 0.25) is 0 Å². The zero-order chi connectivity index (χ0) is 18.7. The Morgan fingerprint density at radius 2 is 1.73 bits per heavy atom. The Morgan fingerprint density at radius 1 is 1.04 bits per heavy atom. The van der Waals surface area contributed by atoms with Crippen molar-refractivity contribution in [3.63, 3.8) is 0 Å². The van der Waals surface area contributed by atoms with E-state index in [0.717, 1.165) is 16.6 Å². The van der Waals surface area contributed by atoms with Crippen LogP contribution in [0.15, 0.2) is 42.5 Å². The van der Waals surface area contributed by atoms with Crippen molar-refractivity contribution in [3.8, 4) is 11.3 Å². The molecule has 5 nitrogen and oxygen atoms in total. The molecule has 0 atom stereocenters. The molecule has 0 saturated heterocycles. The molecule has 0 spiro atoms. The number of rotatable bonds is 6. The van der Waals surface area contributed by atoms with Crippen molar-refractivity contribution >= 4 is 22.7 Å². The summed E-state index contributed by atoms with van der Waals surface area (Å²) in [4.78, 5) is 25.8. The Morgan fingerprint density at radius 3 is 2.42 bits per heavy atom. The van der Waals surface area contributed by atoms with E-state index in [-0.39, 0.29) is 30.5 Å². The molecular weight excluding hydrogens is 340 g/mol. The molecule has 134 valence electrons. The van der Waals surface area contributed by atoms with E-state index in [0.29, 0.717) is 17.5 Å². The number of nitrogens with two attached hydrogens (primary N) is 1. The van der Waals surface area contributed by atoms with Crippen LogP contribution in [0.4, 0.5) is 8.78 Å². The average Bonchev–Trinajstić information content (AvgIpc) is 2.96. The molecular formula is C19H17F2N3O2. The lowest BCUT2D eigenvalue weighted by Gasteiger charge is -2.06. The summed E-state index contributed by atoms with van der Waals surface area (Å²) in [5, 5.41) is 3.08. The lowest BCUT2D eigenvalue weighted by Crippen LogP contribution is -2.33. The molecule has 0 aliphatic carbocycles. The molecule has 0 saturated carbocycles. The number of nitrogens with one attached hydrogen (secondary N) is 2. The first kappa shape index (κ1) is 17.6. The first-order valence-electron chi connectivity index (χ1n) is 8.05. The van der Waals surface area contributed by atoms with Crippen LogP contribution in [0.25, 0.3) is 22.2 Å². The molecule has 4 N–H and O–H groups in total. The van der Waals surface area contributed by atoms with Crippen molar-refractivity contribution in [2.24, 2.45) is 5.73 Å².